The van der Waals surface area contributed by atoms with E-state index in [-0.39, 0.29) is 13.2 Å². The Balaban J connectivity index is 1.49. The van der Waals surface area contributed by atoms with Crippen LogP contribution in [-0.4, -0.2) is 64.1 Å². The summed E-state index contributed by atoms with van der Waals surface area (Å²) in [5.74, 6) is 0.724. The standard InChI is InChI=1S/C24H24ClNO8S/c1-2-7-32-24(30)33-12-17-20(27)21(28)22(29)23(34-17)13-5-6-15(25)14(9-13)10-19-26-11-18(35-19)16-4-3-8-31-16/h2-6,8-9,11,17,20-23,27-29H,1,7,10,12H2/t17-,20-,21+,22-,23+/m1/s1. The molecule has 11 heteroatoms. The quantitative estimate of drug-likeness (QED) is 0.301. The highest BCUT2D eigenvalue weighted by atomic mass is 35.5. The van der Waals surface area contributed by atoms with Gasteiger partial charge in [0.25, 0.3) is 0 Å². The van der Waals surface area contributed by atoms with Gasteiger partial charge in [0.15, 0.2) is 0 Å². The number of aliphatic hydroxyl groups is 3. The molecule has 1 aromatic carbocycles. The van der Waals surface area contributed by atoms with Crippen molar-refractivity contribution in [1.82, 2.24) is 4.98 Å². The molecule has 3 heterocycles. The van der Waals surface area contributed by atoms with Crippen molar-refractivity contribution in [2.24, 2.45) is 0 Å². The van der Waals surface area contributed by atoms with E-state index in [1.165, 1.54) is 17.4 Å². The number of rotatable bonds is 8. The van der Waals surface area contributed by atoms with Crippen LogP contribution < -0.4 is 0 Å². The Bertz CT molecular complexity index is 1150. The van der Waals surface area contributed by atoms with Crippen molar-refractivity contribution in [2.45, 2.75) is 36.9 Å². The van der Waals surface area contributed by atoms with Crippen molar-refractivity contribution in [1.29, 1.82) is 0 Å². The normalized spacial score (nSPS) is 24.2. The Kier molecular flexibility index (Phi) is 8.22. The minimum Gasteiger partial charge on any atom is -0.463 e. The maximum atomic E-state index is 11.6. The molecule has 0 radical (unpaired) electrons. The third kappa shape index (κ3) is 5.92. The second-order valence-electron chi connectivity index (χ2n) is 7.85. The summed E-state index contributed by atoms with van der Waals surface area (Å²) in [6.45, 7) is 3.02. The molecule has 35 heavy (non-hydrogen) atoms. The number of furan rings is 1. The SMILES string of the molecule is C=CCOC(=O)OC[C@H]1O[C@@H](c2ccc(Cl)c(Cc3ncc(-c4ccco4)s3)c2)[C@H](O)[C@@H](O)[C@@H]1O. The lowest BCUT2D eigenvalue weighted by atomic mass is 9.90. The Morgan fingerprint density at radius 1 is 1.20 bits per heavy atom. The second-order valence-corrected chi connectivity index (χ2v) is 9.37. The maximum Gasteiger partial charge on any atom is 0.508 e. The number of carbonyl (C=O) groups excluding carboxylic acids is 1. The molecule has 0 amide bonds. The van der Waals surface area contributed by atoms with E-state index in [9.17, 15) is 20.1 Å². The van der Waals surface area contributed by atoms with Crippen LogP contribution in [0.4, 0.5) is 4.79 Å². The summed E-state index contributed by atoms with van der Waals surface area (Å²) < 4.78 is 20.9. The predicted octanol–water partition coefficient (Wildman–Crippen LogP) is 3.51. The summed E-state index contributed by atoms with van der Waals surface area (Å²) in [6.07, 6.45) is -2.36. The van der Waals surface area contributed by atoms with Gasteiger partial charge in [-0.1, -0.05) is 36.4 Å². The van der Waals surface area contributed by atoms with E-state index in [4.69, 9.17) is 30.2 Å². The number of nitrogens with zero attached hydrogens (tertiary/aromatic N) is 1. The molecule has 3 aromatic rings. The molecule has 0 spiro atoms. The van der Waals surface area contributed by atoms with Gasteiger partial charge in [0.2, 0.25) is 0 Å². The summed E-state index contributed by atoms with van der Waals surface area (Å²) >= 11 is 7.89. The van der Waals surface area contributed by atoms with Crippen molar-refractivity contribution in [3.05, 3.63) is 76.6 Å². The van der Waals surface area contributed by atoms with Gasteiger partial charge in [-0.3, -0.25) is 0 Å². The molecule has 9 nitrogen and oxygen atoms in total. The van der Waals surface area contributed by atoms with Crippen LogP contribution in [0.3, 0.4) is 0 Å². The number of aliphatic hydroxyl groups excluding tert-OH is 3. The predicted molar refractivity (Wildman–Crippen MR) is 127 cm³/mol. The number of aromatic nitrogens is 1. The first-order valence-corrected chi connectivity index (χ1v) is 11.9. The number of hydrogen-bond donors (Lipinski definition) is 3. The van der Waals surface area contributed by atoms with E-state index in [0.29, 0.717) is 17.0 Å². The third-order valence-electron chi connectivity index (χ3n) is 5.45. The van der Waals surface area contributed by atoms with E-state index in [1.54, 1.807) is 36.7 Å². The van der Waals surface area contributed by atoms with E-state index in [0.717, 1.165) is 21.2 Å². The molecule has 1 saturated heterocycles. The molecule has 0 bridgehead atoms. The number of halogens is 1. The van der Waals surface area contributed by atoms with Gasteiger partial charge in [0.1, 0.15) is 49.5 Å². The summed E-state index contributed by atoms with van der Waals surface area (Å²) in [5, 5.41) is 32.6. The number of benzene rings is 1. The van der Waals surface area contributed by atoms with Gasteiger partial charge in [-0.05, 0) is 29.3 Å². The van der Waals surface area contributed by atoms with Gasteiger partial charge in [0, 0.05) is 17.6 Å². The molecular weight excluding hydrogens is 498 g/mol. The lowest BCUT2D eigenvalue weighted by Gasteiger charge is -2.40. The first kappa shape index (κ1) is 25.4. The van der Waals surface area contributed by atoms with Gasteiger partial charge in [-0.15, -0.1) is 11.3 Å². The lowest BCUT2D eigenvalue weighted by Crippen LogP contribution is -2.55. The molecule has 0 unspecified atom stereocenters. The van der Waals surface area contributed by atoms with Gasteiger partial charge in [0.05, 0.1) is 16.1 Å². The van der Waals surface area contributed by atoms with Gasteiger partial charge < -0.3 is 33.9 Å². The minimum atomic E-state index is -1.53. The Morgan fingerprint density at radius 2 is 2.03 bits per heavy atom. The smallest absolute Gasteiger partial charge is 0.463 e. The molecule has 186 valence electrons. The van der Waals surface area contributed by atoms with Gasteiger partial charge in [-0.25, -0.2) is 9.78 Å². The molecule has 0 aliphatic carbocycles. The first-order chi connectivity index (χ1) is 16.9. The van der Waals surface area contributed by atoms with Crippen molar-refractivity contribution < 1.29 is 38.7 Å². The number of thiazole rings is 1. The molecule has 4 rings (SSSR count). The second kappa shape index (κ2) is 11.3. The van der Waals surface area contributed by atoms with Crippen LogP contribution in [0.15, 0.2) is 59.9 Å². The lowest BCUT2D eigenvalue weighted by molar-refractivity contribution is -0.232. The van der Waals surface area contributed by atoms with Crippen molar-refractivity contribution in [3.8, 4) is 10.6 Å². The highest BCUT2D eigenvalue weighted by molar-refractivity contribution is 7.15. The molecule has 1 fully saturated rings. The maximum absolute atomic E-state index is 11.6. The summed E-state index contributed by atoms with van der Waals surface area (Å²) in [6, 6.07) is 8.74. The van der Waals surface area contributed by atoms with Gasteiger partial charge >= 0.3 is 6.16 Å². The summed E-state index contributed by atoms with van der Waals surface area (Å²) in [7, 11) is 0. The van der Waals surface area contributed by atoms with Crippen LogP contribution in [0.2, 0.25) is 5.02 Å². The fourth-order valence-electron chi connectivity index (χ4n) is 3.68. The molecule has 1 aliphatic heterocycles. The Labute approximate surface area is 210 Å². The zero-order chi connectivity index (χ0) is 24.9. The first-order valence-electron chi connectivity index (χ1n) is 10.7. The van der Waals surface area contributed by atoms with Crippen LogP contribution in [0, 0.1) is 0 Å². The Hall–Kier alpha value is -2.73. The number of ether oxygens (including phenoxy) is 3. The van der Waals surface area contributed by atoms with E-state index in [2.05, 4.69) is 11.6 Å². The van der Waals surface area contributed by atoms with Crippen LogP contribution in [-0.2, 0) is 20.6 Å². The van der Waals surface area contributed by atoms with Crippen LogP contribution in [0.1, 0.15) is 22.2 Å². The molecular formula is C24H24ClNO8S. The van der Waals surface area contributed by atoms with Crippen LogP contribution in [0.5, 0.6) is 0 Å². The topological polar surface area (TPSA) is 131 Å². The average molecular weight is 522 g/mol. The van der Waals surface area contributed by atoms with Crippen molar-refractivity contribution >= 4 is 29.1 Å². The zero-order valence-electron chi connectivity index (χ0n) is 18.5. The van der Waals surface area contributed by atoms with E-state index < -0.39 is 36.7 Å². The molecule has 0 saturated carbocycles. The summed E-state index contributed by atoms with van der Waals surface area (Å²) in [4.78, 5) is 16.9. The van der Waals surface area contributed by atoms with Crippen molar-refractivity contribution in [3.63, 3.8) is 0 Å². The molecule has 1 aliphatic rings. The molecule has 3 N–H and O–H groups in total. The fraction of sp³-hybridized carbons (Fsp3) is 0.333. The third-order valence-corrected chi connectivity index (χ3v) is 6.83. The molecule has 5 atom stereocenters. The van der Waals surface area contributed by atoms with Gasteiger partial charge in [-0.2, -0.15) is 0 Å². The summed E-state index contributed by atoms with van der Waals surface area (Å²) in [5.41, 5.74) is 1.27. The fourth-order valence-corrected chi connectivity index (χ4v) is 4.77. The Morgan fingerprint density at radius 3 is 2.77 bits per heavy atom. The number of hydrogen-bond acceptors (Lipinski definition) is 10. The minimum absolute atomic E-state index is 0.0352. The molecule has 2 aromatic heterocycles. The zero-order valence-corrected chi connectivity index (χ0v) is 20.0. The van der Waals surface area contributed by atoms with E-state index >= 15 is 0 Å². The highest BCUT2D eigenvalue weighted by Gasteiger charge is 2.44. The highest BCUT2D eigenvalue weighted by Crippen LogP contribution is 2.35. The van der Waals surface area contributed by atoms with E-state index in [1.807, 2.05) is 6.07 Å². The van der Waals surface area contributed by atoms with Crippen molar-refractivity contribution in [2.75, 3.05) is 13.2 Å². The van der Waals surface area contributed by atoms with Crippen LogP contribution in [0.25, 0.3) is 10.6 Å². The van der Waals surface area contributed by atoms with Crippen LogP contribution >= 0.6 is 22.9 Å². The largest absolute Gasteiger partial charge is 0.508 e. The monoisotopic (exact) mass is 521 g/mol. The number of carbonyl (C=O) groups is 1. The average Bonchev–Trinajstić information content (AvgIpc) is 3.54.